The van der Waals surface area contributed by atoms with E-state index in [4.69, 9.17) is 16.3 Å². The third-order valence-corrected chi connectivity index (χ3v) is 2.77. The second-order valence-electron chi connectivity index (χ2n) is 2.59. The van der Waals surface area contributed by atoms with Crippen molar-refractivity contribution in [1.82, 2.24) is 0 Å². The van der Waals surface area contributed by atoms with Crippen LogP contribution in [0.2, 0.25) is 5.02 Å². The van der Waals surface area contributed by atoms with E-state index >= 15 is 0 Å². The lowest BCUT2D eigenvalue weighted by Crippen LogP contribution is -1.99. The maximum absolute atomic E-state index is 10.7. The van der Waals surface area contributed by atoms with Crippen molar-refractivity contribution in [2.75, 3.05) is 7.11 Å². The van der Waals surface area contributed by atoms with E-state index in [9.17, 15) is 20.2 Å². The minimum atomic E-state index is -0.804. The summed E-state index contributed by atoms with van der Waals surface area (Å²) in [5.41, 5.74) is -1.06. The predicted molar refractivity (Wildman–Crippen MR) is 59.0 cm³/mol. The van der Waals surface area contributed by atoms with Crippen molar-refractivity contribution in [2.45, 2.75) is 0 Å². The molecule has 0 atom stereocenters. The smallest absolute Gasteiger partial charge is 0.333 e. The number of rotatable bonds is 3. The molecule has 1 aromatic rings. The maximum Gasteiger partial charge on any atom is 0.333 e. The third kappa shape index (κ3) is 2.07. The van der Waals surface area contributed by atoms with Crippen molar-refractivity contribution in [3.05, 3.63) is 35.8 Å². The normalized spacial score (nSPS) is 9.94. The van der Waals surface area contributed by atoms with Gasteiger partial charge in [-0.25, -0.2) is 0 Å². The number of hydrogen-bond acceptors (Lipinski definition) is 5. The highest BCUT2D eigenvalue weighted by Gasteiger charge is 2.31. The first-order chi connectivity index (χ1) is 7.40. The largest absolute Gasteiger partial charge is 0.489 e. The fourth-order valence-electron chi connectivity index (χ4n) is 1.07. The Morgan fingerprint density at radius 1 is 1.38 bits per heavy atom. The first kappa shape index (κ1) is 12.7. The van der Waals surface area contributed by atoms with Gasteiger partial charge in [0, 0.05) is 6.07 Å². The summed E-state index contributed by atoms with van der Waals surface area (Å²) < 4.78 is 4.45. The molecule has 0 amide bonds. The molecule has 0 unspecified atom stereocenters. The molecular weight excluding hydrogens is 307 g/mol. The van der Waals surface area contributed by atoms with Gasteiger partial charge >= 0.3 is 5.69 Å². The van der Waals surface area contributed by atoms with Crippen LogP contribution in [-0.2, 0) is 0 Å². The van der Waals surface area contributed by atoms with Crippen LogP contribution in [0.4, 0.5) is 11.4 Å². The van der Waals surface area contributed by atoms with Crippen LogP contribution >= 0.6 is 27.5 Å². The number of methoxy groups -OCH3 is 1. The van der Waals surface area contributed by atoms with E-state index < -0.39 is 21.2 Å². The lowest BCUT2D eigenvalue weighted by Gasteiger charge is -2.05. The van der Waals surface area contributed by atoms with Crippen molar-refractivity contribution in [3.63, 3.8) is 0 Å². The highest BCUT2D eigenvalue weighted by molar-refractivity contribution is 9.10. The lowest BCUT2D eigenvalue weighted by molar-refractivity contribution is -0.396. The van der Waals surface area contributed by atoms with Gasteiger partial charge in [0.05, 0.1) is 22.0 Å². The fraction of sp³-hybridized carbons (Fsp3) is 0.143. The van der Waals surface area contributed by atoms with Crippen LogP contribution in [0, 0.1) is 20.2 Å². The topological polar surface area (TPSA) is 95.5 Å². The van der Waals surface area contributed by atoms with Crippen molar-refractivity contribution in [1.29, 1.82) is 0 Å². The Kier molecular flexibility index (Phi) is 3.66. The highest BCUT2D eigenvalue weighted by Crippen LogP contribution is 2.45. The third-order valence-electron chi connectivity index (χ3n) is 1.71. The summed E-state index contributed by atoms with van der Waals surface area (Å²) in [7, 11) is 1.19. The Morgan fingerprint density at radius 2 is 1.94 bits per heavy atom. The number of nitro groups is 2. The molecule has 0 bridgehead atoms. The fourth-order valence-corrected chi connectivity index (χ4v) is 1.93. The number of halogens is 2. The van der Waals surface area contributed by atoms with Gasteiger partial charge in [0.1, 0.15) is 0 Å². The van der Waals surface area contributed by atoms with E-state index in [2.05, 4.69) is 15.9 Å². The van der Waals surface area contributed by atoms with Crippen LogP contribution in [0.3, 0.4) is 0 Å². The predicted octanol–water partition coefficient (Wildman–Crippen LogP) is 2.93. The summed E-state index contributed by atoms with van der Waals surface area (Å²) in [5.74, 6) is -0.218. The number of nitro benzene ring substituents is 2. The van der Waals surface area contributed by atoms with Crippen molar-refractivity contribution < 1.29 is 14.6 Å². The van der Waals surface area contributed by atoms with Crippen molar-refractivity contribution in [2.24, 2.45) is 0 Å². The number of hydrogen-bond donors (Lipinski definition) is 0. The molecular formula is C7H4BrClN2O5. The van der Waals surface area contributed by atoms with E-state index in [1.54, 1.807) is 0 Å². The molecule has 7 nitrogen and oxygen atoms in total. The Bertz CT molecular complexity index is 478. The molecule has 1 aromatic carbocycles. The zero-order valence-corrected chi connectivity index (χ0v) is 10.1. The molecule has 1 rings (SSSR count). The second-order valence-corrected chi connectivity index (χ2v) is 3.79. The Labute approximate surface area is 102 Å². The summed E-state index contributed by atoms with van der Waals surface area (Å²) in [6.07, 6.45) is 0. The maximum atomic E-state index is 10.7. The van der Waals surface area contributed by atoms with E-state index in [1.165, 1.54) is 7.11 Å². The first-order valence-electron chi connectivity index (χ1n) is 3.75. The summed E-state index contributed by atoms with van der Waals surface area (Å²) in [6, 6.07) is 0.984. The zero-order chi connectivity index (χ0) is 12.5. The van der Waals surface area contributed by atoms with Gasteiger partial charge in [0.15, 0.2) is 4.47 Å². The van der Waals surface area contributed by atoms with Gasteiger partial charge in [-0.15, -0.1) is 0 Å². The van der Waals surface area contributed by atoms with E-state index in [-0.39, 0.29) is 15.2 Å². The number of nitrogens with zero attached hydrogens (tertiary/aromatic N) is 2. The summed E-state index contributed by atoms with van der Waals surface area (Å²) in [4.78, 5) is 19.8. The van der Waals surface area contributed by atoms with Crippen molar-refractivity contribution >= 4 is 38.9 Å². The van der Waals surface area contributed by atoms with Crippen LogP contribution in [0.1, 0.15) is 0 Å². The van der Waals surface area contributed by atoms with Gasteiger partial charge in [-0.1, -0.05) is 11.6 Å². The highest BCUT2D eigenvalue weighted by atomic mass is 79.9. The van der Waals surface area contributed by atoms with Crippen LogP contribution in [-0.4, -0.2) is 17.0 Å². The molecule has 0 N–H and O–H groups in total. The van der Waals surface area contributed by atoms with Gasteiger partial charge in [-0.05, 0) is 15.9 Å². The van der Waals surface area contributed by atoms with Crippen molar-refractivity contribution in [3.8, 4) is 5.75 Å². The number of benzene rings is 1. The average molecular weight is 311 g/mol. The van der Waals surface area contributed by atoms with Crippen LogP contribution in [0.5, 0.6) is 5.75 Å². The van der Waals surface area contributed by atoms with Gasteiger partial charge in [0.25, 0.3) is 5.69 Å². The minimum Gasteiger partial charge on any atom is -0.489 e. The minimum absolute atomic E-state index is 0.191. The zero-order valence-electron chi connectivity index (χ0n) is 7.77. The van der Waals surface area contributed by atoms with Crippen LogP contribution in [0.15, 0.2) is 10.5 Å². The van der Waals surface area contributed by atoms with E-state index in [1.807, 2.05) is 0 Å². The quantitative estimate of drug-likeness (QED) is 0.631. The number of ether oxygens (including phenoxy) is 1. The van der Waals surface area contributed by atoms with Gasteiger partial charge < -0.3 is 4.74 Å². The molecule has 86 valence electrons. The Balaban J connectivity index is 3.65. The van der Waals surface area contributed by atoms with E-state index in [0.717, 1.165) is 6.07 Å². The molecule has 0 saturated heterocycles. The Hall–Kier alpha value is -1.41. The second kappa shape index (κ2) is 4.62. The SMILES string of the molecule is COc1c(Cl)cc([N+](=O)[O-])c(Br)c1[N+](=O)[O-]. The van der Waals surface area contributed by atoms with Crippen LogP contribution < -0.4 is 4.74 Å². The molecule has 0 heterocycles. The van der Waals surface area contributed by atoms with E-state index in [0.29, 0.717) is 0 Å². The molecule has 0 aliphatic carbocycles. The molecule has 0 spiro atoms. The summed E-state index contributed by atoms with van der Waals surface area (Å²) in [5, 5.41) is 21.2. The van der Waals surface area contributed by atoms with Gasteiger partial charge in [0.2, 0.25) is 5.75 Å². The standard InChI is InChI=1S/C7H4BrClN2O5/c1-16-7-3(9)2-4(10(12)13)5(8)6(7)11(14)15/h2H,1H3. The molecule has 16 heavy (non-hydrogen) atoms. The molecule has 0 aliphatic heterocycles. The molecule has 9 heteroatoms. The summed E-state index contributed by atoms with van der Waals surface area (Å²) in [6.45, 7) is 0. The monoisotopic (exact) mass is 310 g/mol. The molecule has 0 saturated carbocycles. The molecule has 0 radical (unpaired) electrons. The van der Waals surface area contributed by atoms with Gasteiger partial charge in [-0.3, -0.25) is 20.2 Å². The summed E-state index contributed by atoms with van der Waals surface area (Å²) >= 11 is 8.43. The van der Waals surface area contributed by atoms with Crippen LogP contribution in [0.25, 0.3) is 0 Å². The Morgan fingerprint density at radius 3 is 2.31 bits per heavy atom. The average Bonchev–Trinajstić information content (AvgIpc) is 2.19. The van der Waals surface area contributed by atoms with Gasteiger partial charge in [-0.2, -0.15) is 0 Å². The molecule has 0 aliphatic rings. The lowest BCUT2D eigenvalue weighted by atomic mass is 10.2. The molecule has 0 fully saturated rings. The molecule has 0 aromatic heterocycles. The first-order valence-corrected chi connectivity index (χ1v) is 4.92.